The van der Waals surface area contributed by atoms with E-state index in [1.165, 1.54) is 11.1 Å². The Kier molecular flexibility index (Phi) is 4.53. The van der Waals surface area contributed by atoms with E-state index >= 15 is 0 Å². The van der Waals surface area contributed by atoms with Crippen molar-refractivity contribution in [2.24, 2.45) is 0 Å². The van der Waals surface area contributed by atoms with Gasteiger partial charge in [0.1, 0.15) is 5.82 Å². The maximum absolute atomic E-state index is 12.5. The molecule has 0 bridgehead atoms. The minimum absolute atomic E-state index is 0.00498. The standard InChI is InChI=1S/C13H18ClN3O3S/c1-8(2)12-15-6-10(14)11(16-12)13(18)17(3)9-4-5-21(19,20)7-9/h6,8-9H,4-5,7H2,1-3H3. The van der Waals surface area contributed by atoms with Crippen molar-refractivity contribution < 1.29 is 13.2 Å². The van der Waals surface area contributed by atoms with Gasteiger partial charge in [-0.05, 0) is 6.42 Å². The predicted octanol–water partition coefficient (Wildman–Crippen LogP) is 1.51. The monoisotopic (exact) mass is 331 g/mol. The van der Waals surface area contributed by atoms with Crippen molar-refractivity contribution in [3.8, 4) is 0 Å². The van der Waals surface area contributed by atoms with E-state index in [-0.39, 0.29) is 40.1 Å². The van der Waals surface area contributed by atoms with Gasteiger partial charge in [0.25, 0.3) is 5.91 Å². The van der Waals surface area contributed by atoms with Crippen LogP contribution in [0.2, 0.25) is 5.02 Å². The van der Waals surface area contributed by atoms with Gasteiger partial charge in [-0.25, -0.2) is 18.4 Å². The van der Waals surface area contributed by atoms with Gasteiger partial charge in [0.15, 0.2) is 15.5 Å². The molecule has 2 heterocycles. The second kappa shape index (κ2) is 5.88. The van der Waals surface area contributed by atoms with E-state index in [2.05, 4.69) is 9.97 Å². The summed E-state index contributed by atoms with van der Waals surface area (Å²) in [6.07, 6.45) is 1.86. The van der Waals surface area contributed by atoms with E-state index in [1.807, 2.05) is 13.8 Å². The van der Waals surface area contributed by atoms with E-state index in [0.29, 0.717) is 12.2 Å². The molecule has 1 unspecified atom stereocenters. The van der Waals surface area contributed by atoms with Gasteiger partial charge in [-0.2, -0.15) is 0 Å². The molecule has 8 heteroatoms. The smallest absolute Gasteiger partial charge is 0.274 e. The molecule has 1 aliphatic rings. The largest absolute Gasteiger partial charge is 0.336 e. The van der Waals surface area contributed by atoms with Crippen molar-refractivity contribution in [1.82, 2.24) is 14.9 Å². The van der Waals surface area contributed by atoms with Gasteiger partial charge < -0.3 is 4.90 Å². The van der Waals surface area contributed by atoms with Crippen LogP contribution >= 0.6 is 11.6 Å². The highest BCUT2D eigenvalue weighted by Crippen LogP contribution is 2.22. The van der Waals surface area contributed by atoms with Gasteiger partial charge in [0.05, 0.1) is 22.7 Å². The second-order valence-electron chi connectivity index (χ2n) is 5.55. The first-order valence-corrected chi connectivity index (χ1v) is 8.91. The van der Waals surface area contributed by atoms with Crippen LogP contribution in [0, 0.1) is 0 Å². The fourth-order valence-electron chi connectivity index (χ4n) is 2.22. The van der Waals surface area contributed by atoms with Crippen LogP contribution in [0.15, 0.2) is 6.20 Å². The third-order valence-electron chi connectivity index (χ3n) is 3.56. The Balaban J connectivity index is 2.25. The van der Waals surface area contributed by atoms with Crippen LogP contribution in [-0.2, 0) is 9.84 Å². The molecule has 21 heavy (non-hydrogen) atoms. The number of hydrogen-bond acceptors (Lipinski definition) is 5. The van der Waals surface area contributed by atoms with Crippen LogP contribution in [0.25, 0.3) is 0 Å². The fourth-order valence-corrected chi connectivity index (χ4v) is 4.17. The summed E-state index contributed by atoms with van der Waals surface area (Å²) in [6.45, 7) is 3.84. The average Bonchev–Trinajstić information content (AvgIpc) is 2.77. The van der Waals surface area contributed by atoms with Gasteiger partial charge in [-0.1, -0.05) is 25.4 Å². The van der Waals surface area contributed by atoms with Crippen molar-refractivity contribution in [2.45, 2.75) is 32.2 Å². The Bertz CT molecular complexity index is 661. The summed E-state index contributed by atoms with van der Waals surface area (Å²) in [5, 5.41) is 0.178. The highest BCUT2D eigenvalue weighted by molar-refractivity contribution is 7.91. The topological polar surface area (TPSA) is 80.2 Å². The van der Waals surface area contributed by atoms with Gasteiger partial charge >= 0.3 is 0 Å². The van der Waals surface area contributed by atoms with Crippen molar-refractivity contribution in [2.75, 3.05) is 18.6 Å². The Morgan fingerprint density at radius 3 is 2.67 bits per heavy atom. The van der Waals surface area contributed by atoms with Crippen LogP contribution in [0.4, 0.5) is 0 Å². The van der Waals surface area contributed by atoms with Gasteiger partial charge in [-0.15, -0.1) is 0 Å². The van der Waals surface area contributed by atoms with E-state index < -0.39 is 9.84 Å². The van der Waals surface area contributed by atoms with Crippen LogP contribution in [0.5, 0.6) is 0 Å². The first kappa shape index (κ1) is 16.2. The highest BCUT2D eigenvalue weighted by atomic mass is 35.5. The first-order valence-electron chi connectivity index (χ1n) is 6.71. The molecule has 0 N–H and O–H groups in total. The van der Waals surface area contributed by atoms with Crippen molar-refractivity contribution in [1.29, 1.82) is 0 Å². The minimum Gasteiger partial charge on any atom is -0.336 e. The van der Waals surface area contributed by atoms with Crippen molar-refractivity contribution in [3.63, 3.8) is 0 Å². The number of amides is 1. The second-order valence-corrected chi connectivity index (χ2v) is 8.19. The van der Waals surface area contributed by atoms with Crippen LogP contribution in [0.3, 0.4) is 0 Å². The fraction of sp³-hybridized carbons (Fsp3) is 0.615. The first-order chi connectivity index (χ1) is 9.71. The normalized spacial score (nSPS) is 20.7. The quantitative estimate of drug-likeness (QED) is 0.838. The summed E-state index contributed by atoms with van der Waals surface area (Å²) in [6, 6.07) is -0.323. The number of rotatable bonds is 3. The lowest BCUT2D eigenvalue weighted by atomic mass is 10.2. The van der Waals surface area contributed by atoms with Crippen LogP contribution < -0.4 is 0 Å². The van der Waals surface area contributed by atoms with E-state index in [4.69, 9.17) is 11.6 Å². The van der Waals surface area contributed by atoms with Crippen molar-refractivity contribution >= 4 is 27.3 Å². The average molecular weight is 332 g/mol. The number of aromatic nitrogens is 2. The summed E-state index contributed by atoms with van der Waals surface area (Å²) in [5.41, 5.74) is 0.127. The van der Waals surface area contributed by atoms with E-state index in [0.717, 1.165) is 0 Å². The summed E-state index contributed by atoms with van der Waals surface area (Å²) < 4.78 is 23.1. The zero-order valence-corrected chi connectivity index (χ0v) is 13.8. The minimum atomic E-state index is -3.05. The third-order valence-corrected chi connectivity index (χ3v) is 5.59. The summed E-state index contributed by atoms with van der Waals surface area (Å²) >= 11 is 6.01. The molecule has 1 saturated heterocycles. The van der Waals surface area contributed by atoms with E-state index in [9.17, 15) is 13.2 Å². The molecule has 0 aromatic carbocycles. The zero-order valence-electron chi connectivity index (χ0n) is 12.2. The predicted molar refractivity (Wildman–Crippen MR) is 80.3 cm³/mol. The summed E-state index contributed by atoms with van der Waals surface area (Å²) in [4.78, 5) is 22.2. The lowest BCUT2D eigenvalue weighted by molar-refractivity contribution is 0.0741. The SMILES string of the molecule is CC(C)c1ncc(Cl)c(C(=O)N(C)C2CCS(=O)(=O)C2)n1. The molecule has 1 aliphatic heterocycles. The number of carbonyl (C=O) groups is 1. The Labute approximate surface area is 129 Å². The van der Waals surface area contributed by atoms with Gasteiger partial charge in [0, 0.05) is 19.0 Å². The zero-order chi connectivity index (χ0) is 15.8. The van der Waals surface area contributed by atoms with Crippen LogP contribution in [0.1, 0.15) is 42.5 Å². The Hall–Kier alpha value is -1.21. The van der Waals surface area contributed by atoms with E-state index in [1.54, 1.807) is 7.05 Å². The number of hydrogen-bond donors (Lipinski definition) is 0. The molecule has 2 rings (SSSR count). The van der Waals surface area contributed by atoms with Crippen LogP contribution in [-0.4, -0.2) is 53.8 Å². The number of carbonyl (C=O) groups excluding carboxylic acids is 1. The lowest BCUT2D eigenvalue weighted by Crippen LogP contribution is -2.38. The molecule has 1 aromatic heterocycles. The molecule has 0 spiro atoms. The molecule has 1 amide bonds. The number of sulfone groups is 1. The molecule has 1 atom stereocenters. The molecule has 0 saturated carbocycles. The summed E-state index contributed by atoms with van der Waals surface area (Å²) in [7, 11) is -1.46. The Morgan fingerprint density at radius 1 is 1.48 bits per heavy atom. The molecule has 0 aliphatic carbocycles. The van der Waals surface area contributed by atoms with Crippen molar-refractivity contribution in [3.05, 3.63) is 22.7 Å². The molecular weight excluding hydrogens is 314 g/mol. The molecule has 0 radical (unpaired) electrons. The van der Waals surface area contributed by atoms with Gasteiger partial charge in [-0.3, -0.25) is 4.79 Å². The summed E-state index contributed by atoms with van der Waals surface area (Å²) in [5.74, 6) is 0.353. The molecule has 1 aromatic rings. The maximum Gasteiger partial charge on any atom is 0.274 e. The Morgan fingerprint density at radius 2 is 2.14 bits per heavy atom. The number of nitrogens with zero attached hydrogens (tertiary/aromatic N) is 3. The maximum atomic E-state index is 12.5. The third kappa shape index (κ3) is 3.52. The molecular formula is C13H18ClN3O3S. The molecule has 116 valence electrons. The molecule has 6 nitrogen and oxygen atoms in total. The number of halogens is 1. The highest BCUT2D eigenvalue weighted by Gasteiger charge is 2.34. The lowest BCUT2D eigenvalue weighted by Gasteiger charge is -2.23. The molecule has 1 fully saturated rings. The van der Waals surface area contributed by atoms with Gasteiger partial charge in [0.2, 0.25) is 0 Å².